The molecule has 0 fully saturated rings. The molecule has 0 amide bonds. The Bertz CT molecular complexity index is 26.0. The molecule has 4 heteroatoms. The molecule has 0 bridgehead atoms. The Morgan fingerprint density at radius 3 is 2.00 bits per heavy atom. The minimum Gasteiger partial charge on any atom is -1.00 e. The van der Waals surface area contributed by atoms with Crippen molar-refractivity contribution in [3.05, 3.63) is 0 Å². The molecule has 0 saturated carbocycles. The fourth-order valence-corrected chi connectivity index (χ4v) is 0.394. The first-order chi connectivity index (χ1) is 2.91. The Hall–Kier alpha value is 1.45. The van der Waals surface area contributed by atoms with E-state index in [4.69, 9.17) is 4.74 Å². The van der Waals surface area contributed by atoms with Crippen molar-refractivity contribution in [1.82, 2.24) is 0 Å². The van der Waals surface area contributed by atoms with E-state index >= 15 is 0 Å². The summed E-state index contributed by atoms with van der Waals surface area (Å²) in [5.41, 5.74) is 0. The van der Waals surface area contributed by atoms with Crippen LogP contribution in [0.1, 0.15) is 6.92 Å². The Kier molecular flexibility index (Phi) is 32.0. The van der Waals surface area contributed by atoms with Crippen LogP contribution >= 0.6 is 0 Å². The minimum absolute atomic E-state index is 0. The van der Waals surface area contributed by atoms with Crippen LogP contribution in [0.3, 0.4) is 0 Å². The van der Waals surface area contributed by atoms with Crippen molar-refractivity contribution in [1.29, 1.82) is 0 Å². The molecule has 0 unspecified atom stereocenters. The van der Waals surface area contributed by atoms with Gasteiger partial charge in [-0.2, -0.15) is 0 Å². The standard InChI is InChI=1S/C4H9O.Al.2BrH/c1-3-5-4-2;;;/h1,3-4H2,2H3;;2*1H/q;+2;;/p-2. The van der Waals surface area contributed by atoms with E-state index in [0.717, 1.165) is 18.5 Å². The quantitative estimate of drug-likeness (QED) is 0.363. The summed E-state index contributed by atoms with van der Waals surface area (Å²) < 4.78 is 4.96. The summed E-state index contributed by atoms with van der Waals surface area (Å²) in [6, 6.07) is 0. The third-order valence-corrected chi connectivity index (χ3v) is 0.702. The molecule has 0 heterocycles. The van der Waals surface area contributed by atoms with Gasteiger partial charge in [-0.25, -0.2) is 0 Å². The average Bonchev–Trinajstić information content (AvgIpc) is 1.61. The predicted molar refractivity (Wildman–Crippen MR) is 27.1 cm³/mol. The van der Waals surface area contributed by atoms with Crippen molar-refractivity contribution in [2.24, 2.45) is 0 Å². The molecule has 0 atom stereocenters. The molecule has 0 spiro atoms. The van der Waals surface area contributed by atoms with Crippen molar-refractivity contribution in [2.75, 3.05) is 13.2 Å². The largest absolute Gasteiger partial charge is 1.00 e. The number of hydrogen-bond acceptors (Lipinski definition) is 1. The maximum Gasteiger partial charge on any atom is -1.00 e. The molecule has 0 aliphatic rings. The summed E-state index contributed by atoms with van der Waals surface area (Å²) >= 11 is 2.60. The maximum atomic E-state index is 4.96. The molecule has 0 radical (unpaired) electrons. The van der Waals surface area contributed by atoms with Crippen LogP contribution in [0, 0.1) is 0 Å². The normalized spacial score (nSPS) is 6.88. The van der Waals surface area contributed by atoms with Crippen LogP contribution in [0.25, 0.3) is 0 Å². The zero-order valence-electron chi connectivity index (χ0n) is 4.86. The number of rotatable bonds is 3. The third-order valence-electron chi connectivity index (χ3n) is 0.466. The fourth-order valence-electron chi connectivity index (χ4n) is 0.228. The van der Waals surface area contributed by atoms with E-state index in [-0.39, 0.29) is 34.0 Å². The van der Waals surface area contributed by atoms with Crippen molar-refractivity contribution in [3.63, 3.8) is 0 Å². The topological polar surface area (TPSA) is 9.23 Å². The number of hydrogen-bond donors (Lipinski definition) is 0. The third kappa shape index (κ3) is 15.7. The van der Waals surface area contributed by atoms with Gasteiger partial charge in [0.05, 0.1) is 0 Å². The summed E-state index contributed by atoms with van der Waals surface area (Å²) in [4.78, 5) is 0. The molecule has 0 aromatic heterocycles. The SMILES string of the molecule is CCOC[CH2][Al+2].[Br-].[Br-]. The van der Waals surface area contributed by atoms with E-state index in [0.29, 0.717) is 0 Å². The van der Waals surface area contributed by atoms with E-state index in [9.17, 15) is 0 Å². The molecular formula is C4H9AlBr2O. The number of halogens is 2. The van der Waals surface area contributed by atoms with Crippen LogP contribution in [-0.4, -0.2) is 29.5 Å². The van der Waals surface area contributed by atoms with E-state index in [2.05, 4.69) is 16.3 Å². The second kappa shape index (κ2) is 15.8. The molecule has 0 aliphatic carbocycles. The second-order valence-electron chi connectivity index (χ2n) is 0.986. The molecule has 48 valence electrons. The van der Waals surface area contributed by atoms with Crippen LogP contribution in [0.4, 0.5) is 0 Å². The Labute approximate surface area is 80.1 Å². The van der Waals surface area contributed by atoms with E-state index < -0.39 is 0 Å². The van der Waals surface area contributed by atoms with Gasteiger partial charge < -0.3 is 34.0 Å². The van der Waals surface area contributed by atoms with Crippen molar-refractivity contribution < 1.29 is 38.7 Å². The van der Waals surface area contributed by atoms with Gasteiger partial charge >= 0.3 is 46.4 Å². The maximum absolute atomic E-state index is 4.96. The monoisotopic (exact) mass is 258 g/mol. The van der Waals surface area contributed by atoms with Gasteiger partial charge in [0.2, 0.25) is 0 Å². The fraction of sp³-hybridized carbons (Fsp3) is 1.00. The van der Waals surface area contributed by atoms with E-state index in [1.165, 1.54) is 0 Å². The summed E-state index contributed by atoms with van der Waals surface area (Å²) in [6.07, 6.45) is 0. The molecule has 8 heavy (non-hydrogen) atoms. The van der Waals surface area contributed by atoms with E-state index in [1.54, 1.807) is 0 Å². The Morgan fingerprint density at radius 2 is 1.88 bits per heavy atom. The zero-order valence-corrected chi connectivity index (χ0v) is 9.19. The van der Waals surface area contributed by atoms with Gasteiger partial charge in [0.1, 0.15) is 0 Å². The number of ether oxygens (including phenoxy) is 1. The summed E-state index contributed by atoms with van der Waals surface area (Å²) in [5, 5.41) is 1.05. The van der Waals surface area contributed by atoms with Crippen LogP contribution in [0.15, 0.2) is 0 Å². The first-order valence-electron chi connectivity index (χ1n) is 2.19. The molecule has 0 aliphatic heterocycles. The van der Waals surface area contributed by atoms with Crippen LogP contribution in [-0.2, 0) is 4.74 Å². The molecule has 0 aromatic rings. The van der Waals surface area contributed by atoms with Gasteiger partial charge in [-0.1, -0.05) is 0 Å². The Morgan fingerprint density at radius 1 is 1.38 bits per heavy atom. The Balaban J connectivity index is -0.000000125. The van der Waals surface area contributed by atoms with Crippen LogP contribution < -0.4 is 34.0 Å². The molecular weight excluding hydrogens is 251 g/mol. The van der Waals surface area contributed by atoms with Gasteiger partial charge in [-0.15, -0.1) is 0 Å². The van der Waals surface area contributed by atoms with Crippen LogP contribution in [0.5, 0.6) is 0 Å². The zero-order chi connectivity index (χ0) is 4.83. The smallest absolute Gasteiger partial charge is 1.00 e. The van der Waals surface area contributed by atoms with Gasteiger partial charge in [-0.3, -0.25) is 0 Å². The second-order valence-corrected chi connectivity index (χ2v) is 1.56. The molecule has 0 N–H and O–H groups in total. The average molecular weight is 260 g/mol. The molecule has 0 rings (SSSR count). The minimum atomic E-state index is 0. The van der Waals surface area contributed by atoms with Crippen molar-refractivity contribution in [3.8, 4) is 0 Å². The first kappa shape index (κ1) is 16.2. The first-order valence-corrected chi connectivity index (χ1v) is 3.01. The van der Waals surface area contributed by atoms with Crippen LogP contribution in [0.2, 0.25) is 5.28 Å². The summed E-state index contributed by atoms with van der Waals surface area (Å²) in [7, 11) is 0. The van der Waals surface area contributed by atoms with Crippen molar-refractivity contribution in [2.45, 2.75) is 12.2 Å². The van der Waals surface area contributed by atoms with E-state index in [1.807, 2.05) is 6.92 Å². The van der Waals surface area contributed by atoms with Gasteiger partial charge in [-0.05, 0) is 0 Å². The van der Waals surface area contributed by atoms with Gasteiger partial charge in [0.25, 0.3) is 0 Å². The molecule has 0 saturated heterocycles. The van der Waals surface area contributed by atoms with Crippen molar-refractivity contribution >= 4 is 16.3 Å². The molecule has 0 aromatic carbocycles. The van der Waals surface area contributed by atoms with Gasteiger partial charge in [0, 0.05) is 0 Å². The van der Waals surface area contributed by atoms with Gasteiger partial charge in [0.15, 0.2) is 0 Å². The summed E-state index contributed by atoms with van der Waals surface area (Å²) in [5.74, 6) is 0. The summed E-state index contributed by atoms with van der Waals surface area (Å²) in [6.45, 7) is 3.72. The predicted octanol–water partition coefficient (Wildman–Crippen LogP) is -5.38. The molecule has 1 nitrogen and oxygen atoms in total.